The fourth-order valence-corrected chi connectivity index (χ4v) is 2.42. The van der Waals surface area contributed by atoms with E-state index in [-0.39, 0.29) is 5.91 Å². The zero-order chi connectivity index (χ0) is 13.2. The molecule has 0 bridgehead atoms. The second kappa shape index (κ2) is 4.86. The van der Waals surface area contributed by atoms with E-state index in [0.29, 0.717) is 5.69 Å². The molecule has 0 aliphatic carbocycles. The van der Waals surface area contributed by atoms with Crippen LogP contribution in [0.4, 0.5) is 0 Å². The average Bonchev–Trinajstić information content (AvgIpc) is 2.77. The van der Waals surface area contributed by atoms with E-state index in [9.17, 15) is 4.79 Å². The van der Waals surface area contributed by atoms with Crippen LogP contribution in [0, 0.1) is 6.92 Å². The topological polar surface area (TPSA) is 54.9 Å². The number of carbonyl (C=O) groups is 1. The normalized spacial score (nSPS) is 11.3. The highest BCUT2D eigenvalue weighted by Gasteiger charge is 2.26. The van der Waals surface area contributed by atoms with Gasteiger partial charge >= 0.3 is 0 Å². The third-order valence-electron chi connectivity index (χ3n) is 2.48. The van der Waals surface area contributed by atoms with Crippen molar-refractivity contribution in [3.63, 3.8) is 0 Å². The second-order valence-electron chi connectivity index (χ2n) is 4.59. The van der Waals surface area contributed by atoms with E-state index in [1.54, 1.807) is 35.7 Å². The first-order valence-corrected chi connectivity index (χ1v) is 6.53. The van der Waals surface area contributed by atoms with Crippen LogP contribution in [0.15, 0.2) is 29.8 Å². The molecule has 0 aliphatic heterocycles. The van der Waals surface area contributed by atoms with Crippen LogP contribution in [0.1, 0.15) is 35.0 Å². The fourth-order valence-electron chi connectivity index (χ4n) is 1.54. The molecule has 0 saturated carbocycles. The van der Waals surface area contributed by atoms with Gasteiger partial charge in [-0.15, -0.1) is 11.3 Å². The third kappa shape index (κ3) is 2.73. The standard InChI is InChI=1S/C13H15N3OS/c1-9-8-18-12(15-9)13(2,3)16-11(17)10-6-4-5-7-14-10/h4-8H,1-3H3,(H,16,17). The van der Waals surface area contributed by atoms with Gasteiger partial charge in [0.25, 0.3) is 5.91 Å². The minimum atomic E-state index is -0.493. The number of pyridine rings is 1. The van der Waals surface area contributed by atoms with Crippen molar-refractivity contribution in [3.05, 3.63) is 46.2 Å². The molecule has 0 aliphatic rings. The summed E-state index contributed by atoms with van der Waals surface area (Å²) >= 11 is 1.55. The summed E-state index contributed by atoms with van der Waals surface area (Å²) in [6, 6.07) is 5.27. The highest BCUT2D eigenvalue weighted by atomic mass is 32.1. The summed E-state index contributed by atoms with van der Waals surface area (Å²) in [6.45, 7) is 5.81. The molecule has 1 amide bonds. The number of amides is 1. The van der Waals surface area contributed by atoms with Gasteiger partial charge in [-0.05, 0) is 32.9 Å². The Balaban J connectivity index is 2.16. The third-order valence-corrected chi connectivity index (χ3v) is 3.76. The summed E-state index contributed by atoms with van der Waals surface area (Å²) < 4.78 is 0. The highest BCUT2D eigenvalue weighted by molar-refractivity contribution is 7.09. The summed E-state index contributed by atoms with van der Waals surface area (Å²) in [7, 11) is 0. The van der Waals surface area contributed by atoms with Gasteiger partial charge in [-0.3, -0.25) is 9.78 Å². The number of hydrogen-bond donors (Lipinski definition) is 1. The smallest absolute Gasteiger partial charge is 0.270 e. The van der Waals surface area contributed by atoms with Crippen LogP contribution in [-0.4, -0.2) is 15.9 Å². The number of hydrogen-bond acceptors (Lipinski definition) is 4. The number of thiazole rings is 1. The molecule has 5 heteroatoms. The van der Waals surface area contributed by atoms with Crippen molar-refractivity contribution in [2.24, 2.45) is 0 Å². The number of nitrogens with zero attached hydrogens (tertiary/aromatic N) is 2. The number of aromatic nitrogens is 2. The summed E-state index contributed by atoms with van der Waals surface area (Å²) in [5.41, 5.74) is 0.891. The summed E-state index contributed by atoms with van der Waals surface area (Å²) in [6.07, 6.45) is 1.61. The van der Waals surface area contributed by atoms with Gasteiger partial charge < -0.3 is 5.32 Å². The first-order valence-electron chi connectivity index (χ1n) is 5.65. The molecule has 0 fully saturated rings. The number of rotatable bonds is 3. The Bertz CT molecular complexity index is 548. The molecule has 18 heavy (non-hydrogen) atoms. The van der Waals surface area contributed by atoms with Gasteiger partial charge in [-0.25, -0.2) is 4.98 Å². The monoisotopic (exact) mass is 261 g/mol. The lowest BCUT2D eigenvalue weighted by Gasteiger charge is -2.23. The zero-order valence-corrected chi connectivity index (χ0v) is 11.4. The van der Waals surface area contributed by atoms with Crippen molar-refractivity contribution in [3.8, 4) is 0 Å². The van der Waals surface area contributed by atoms with E-state index in [4.69, 9.17) is 0 Å². The molecule has 0 unspecified atom stereocenters. The van der Waals surface area contributed by atoms with Crippen LogP contribution in [0.2, 0.25) is 0 Å². The van der Waals surface area contributed by atoms with Crippen molar-refractivity contribution in [2.45, 2.75) is 26.3 Å². The molecule has 94 valence electrons. The number of aryl methyl sites for hydroxylation is 1. The van der Waals surface area contributed by atoms with Gasteiger partial charge in [0.2, 0.25) is 0 Å². The van der Waals surface area contributed by atoms with E-state index in [0.717, 1.165) is 10.7 Å². The van der Waals surface area contributed by atoms with E-state index >= 15 is 0 Å². The Labute approximate surface area is 110 Å². The van der Waals surface area contributed by atoms with Crippen LogP contribution in [0.25, 0.3) is 0 Å². The molecular formula is C13H15N3OS. The van der Waals surface area contributed by atoms with Crippen molar-refractivity contribution >= 4 is 17.2 Å². The predicted molar refractivity (Wildman–Crippen MR) is 71.6 cm³/mol. The Hall–Kier alpha value is -1.75. The van der Waals surface area contributed by atoms with Crippen LogP contribution < -0.4 is 5.32 Å². The summed E-state index contributed by atoms with van der Waals surface area (Å²) in [5.74, 6) is -0.187. The van der Waals surface area contributed by atoms with E-state index in [1.807, 2.05) is 26.2 Å². The first kappa shape index (κ1) is 12.7. The molecule has 0 atom stereocenters. The minimum Gasteiger partial charge on any atom is -0.339 e. The predicted octanol–water partition coefficient (Wildman–Crippen LogP) is 2.51. The van der Waals surface area contributed by atoms with E-state index in [2.05, 4.69) is 15.3 Å². The number of nitrogens with one attached hydrogen (secondary N) is 1. The van der Waals surface area contributed by atoms with Crippen LogP contribution in [0.5, 0.6) is 0 Å². The van der Waals surface area contributed by atoms with Gasteiger partial charge in [0.15, 0.2) is 0 Å². The Morgan fingerprint density at radius 3 is 2.72 bits per heavy atom. The van der Waals surface area contributed by atoms with Gasteiger partial charge in [-0.1, -0.05) is 6.07 Å². The van der Waals surface area contributed by atoms with E-state index < -0.39 is 5.54 Å². The lowest BCUT2D eigenvalue weighted by atomic mass is 10.1. The molecular weight excluding hydrogens is 246 g/mol. The van der Waals surface area contributed by atoms with E-state index in [1.165, 1.54) is 0 Å². The van der Waals surface area contributed by atoms with Crippen molar-refractivity contribution < 1.29 is 4.79 Å². The van der Waals surface area contributed by atoms with Gasteiger partial charge in [0.05, 0.1) is 5.54 Å². The maximum absolute atomic E-state index is 12.0. The second-order valence-corrected chi connectivity index (χ2v) is 5.45. The molecule has 2 rings (SSSR count). The molecule has 2 aromatic heterocycles. The van der Waals surface area contributed by atoms with Gasteiger partial charge in [0, 0.05) is 17.3 Å². The average molecular weight is 261 g/mol. The van der Waals surface area contributed by atoms with Crippen LogP contribution in [-0.2, 0) is 5.54 Å². The van der Waals surface area contributed by atoms with Gasteiger partial charge in [0.1, 0.15) is 10.7 Å². The maximum atomic E-state index is 12.0. The molecule has 2 aromatic rings. The molecule has 0 aromatic carbocycles. The van der Waals surface area contributed by atoms with Crippen molar-refractivity contribution in [2.75, 3.05) is 0 Å². The Morgan fingerprint density at radius 1 is 1.39 bits per heavy atom. The number of carbonyl (C=O) groups excluding carboxylic acids is 1. The lowest BCUT2D eigenvalue weighted by Crippen LogP contribution is -2.41. The molecule has 0 radical (unpaired) electrons. The molecule has 0 spiro atoms. The maximum Gasteiger partial charge on any atom is 0.270 e. The fraction of sp³-hybridized carbons (Fsp3) is 0.308. The van der Waals surface area contributed by atoms with Crippen molar-refractivity contribution in [1.82, 2.24) is 15.3 Å². The molecule has 2 heterocycles. The Kier molecular flexibility index (Phi) is 3.43. The molecule has 0 saturated heterocycles. The summed E-state index contributed by atoms with van der Waals surface area (Å²) in [5, 5.41) is 5.82. The molecule has 1 N–H and O–H groups in total. The summed E-state index contributed by atoms with van der Waals surface area (Å²) in [4.78, 5) is 20.5. The quantitative estimate of drug-likeness (QED) is 0.923. The molecule has 4 nitrogen and oxygen atoms in total. The van der Waals surface area contributed by atoms with Crippen LogP contribution in [0.3, 0.4) is 0 Å². The van der Waals surface area contributed by atoms with Gasteiger partial charge in [-0.2, -0.15) is 0 Å². The zero-order valence-electron chi connectivity index (χ0n) is 10.6. The van der Waals surface area contributed by atoms with Crippen LogP contribution >= 0.6 is 11.3 Å². The highest BCUT2D eigenvalue weighted by Crippen LogP contribution is 2.23. The largest absolute Gasteiger partial charge is 0.339 e. The lowest BCUT2D eigenvalue weighted by molar-refractivity contribution is 0.0906. The first-order chi connectivity index (χ1) is 8.49. The Morgan fingerprint density at radius 2 is 2.17 bits per heavy atom. The van der Waals surface area contributed by atoms with Crippen molar-refractivity contribution in [1.29, 1.82) is 0 Å². The minimum absolute atomic E-state index is 0.187. The SMILES string of the molecule is Cc1csc(C(C)(C)NC(=O)c2ccccn2)n1.